The third-order valence-corrected chi connectivity index (χ3v) is 1.81. The van der Waals surface area contributed by atoms with Crippen LogP contribution in [-0.2, 0) is 4.74 Å². The molecular weight excluding hydrogens is 171 g/mol. The van der Waals surface area contributed by atoms with E-state index < -0.39 is 12.3 Å². The molecule has 2 nitrogen and oxygen atoms in total. The van der Waals surface area contributed by atoms with Gasteiger partial charge in [0.15, 0.2) is 6.10 Å². The standard InChI is InChI=1S/C7H12F3NO/c1-5-3-11(2)4-6(12-5)7(8,9)10/h5-6H,3-4H2,1-2H3/t5?,6-/m0/s1. The van der Waals surface area contributed by atoms with Crippen LogP contribution in [0.1, 0.15) is 6.92 Å². The summed E-state index contributed by atoms with van der Waals surface area (Å²) in [6, 6.07) is 0. The van der Waals surface area contributed by atoms with Crippen LogP contribution in [-0.4, -0.2) is 43.4 Å². The van der Waals surface area contributed by atoms with E-state index >= 15 is 0 Å². The zero-order valence-electron chi connectivity index (χ0n) is 7.06. The van der Waals surface area contributed by atoms with Gasteiger partial charge in [-0.3, -0.25) is 0 Å². The van der Waals surface area contributed by atoms with Crippen molar-refractivity contribution in [1.82, 2.24) is 4.90 Å². The van der Waals surface area contributed by atoms with E-state index in [1.165, 1.54) is 0 Å². The Morgan fingerprint density at radius 2 is 1.92 bits per heavy atom. The molecule has 0 aromatic heterocycles. The van der Waals surface area contributed by atoms with E-state index in [-0.39, 0.29) is 12.6 Å². The molecule has 1 unspecified atom stereocenters. The molecule has 0 saturated carbocycles. The molecular formula is C7H12F3NO. The lowest BCUT2D eigenvalue weighted by Gasteiger charge is -2.35. The van der Waals surface area contributed by atoms with Crippen molar-refractivity contribution in [3.05, 3.63) is 0 Å². The minimum atomic E-state index is -4.23. The normalized spacial score (nSPS) is 33.8. The summed E-state index contributed by atoms with van der Waals surface area (Å²) in [7, 11) is 1.66. The van der Waals surface area contributed by atoms with Gasteiger partial charge in [0.25, 0.3) is 0 Å². The van der Waals surface area contributed by atoms with E-state index in [2.05, 4.69) is 0 Å². The summed E-state index contributed by atoms with van der Waals surface area (Å²) in [5.74, 6) is 0. The Morgan fingerprint density at radius 3 is 2.33 bits per heavy atom. The second-order valence-corrected chi connectivity index (χ2v) is 3.20. The average Bonchev–Trinajstić information content (AvgIpc) is 1.82. The highest BCUT2D eigenvalue weighted by Gasteiger charge is 2.44. The first-order chi connectivity index (χ1) is 5.39. The Morgan fingerprint density at radius 1 is 1.33 bits per heavy atom. The summed E-state index contributed by atoms with van der Waals surface area (Å²) in [4.78, 5) is 1.63. The molecule has 1 saturated heterocycles. The number of hydrogen-bond acceptors (Lipinski definition) is 2. The van der Waals surface area contributed by atoms with Crippen molar-refractivity contribution in [3.8, 4) is 0 Å². The quantitative estimate of drug-likeness (QED) is 0.560. The molecule has 1 aliphatic rings. The number of ether oxygens (including phenoxy) is 1. The van der Waals surface area contributed by atoms with Crippen LogP contribution in [0.3, 0.4) is 0 Å². The van der Waals surface area contributed by atoms with Crippen molar-refractivity contribution >= 4 is 0 Å². The van der Waals surface area contributed by atoms with E-state index in [9.17, 15) is 13.2 Å². The van der Waals surface area contributed by atoms with Gasteiger partial charge in [0.05, 0.1) is 6.10 Å². The van der Waals surface area contributed by atoms with Gasteiger partial charge in [-0.2, -0.15) is 13.2 Å². The Balaban J connectivity index is 2.55. The van der Waals surface area contributed by atoms with Crippen LogP contribution >= 0.6 is 0 Å². The maximum atomic E-state index is 12.1. The lowest BCUT2D eigenvalue weighted by Crippen LogP contribution is -2.50. The third kappa shape index (κ3) is 2.35. The maximum Gasteiger partial charge on any atom is 0.415 e. The summed E-state index contributed by atoms with van der Waals surface area (Å²) in [6.07, 6.45) is -6.19. The molecule has 0 aromatic rings. The number of nitrogens with zero attached hydrogens (tertiary/aromatic N) is 1. The van der Waals surface area contributed by atoms with E-state index in [4.69, 9.17) is 4.74 Å². The lowest BCUT2D eigenvalue weighted by atomic mass is 10.2. The monoisotopic (exact) mass is 183 g/mol. The molecule has 0 spiro atoms. The summed E-state index contributed by atoms with van der Waals surface area (Å²) in [6.45, 7) is 2.15. The minimum absolute atomic E-state index is 0.0617. The van der Waals surface area contributed by atoms with Crippen molar-refractivity contribution < 1.29 is 17.9 Å². The van der Waals surface area contributed by atoms with E-state index in [1.807, 2.05) is 0 Å². The zero-order chi connectivity index (χ0) is 9.35. The molecule has 2 atom stereocenters. The van der Waals surface area contributed by atoms with E-state index in [0.29, 0.717) is 6.54 Å². The molecule has 0 N–H and O–H groups in total. The summed E-state index contributed by atoms with van der Waals surface area (Å²) < 4.78 is 41.2. The van der Waals surface area contributed by atoms with Crippen LogP contribution in [0.2, 0.25) is 0 Å². The lowest BCUT2D eigenvalue weighted by molar-refractivity contribution is -0.249. The first kappa shape index (κ1) is 9.80. The maximum absolute atomic E-state index is 12.1. The topological polar surface area (TPSA) is 12.5 Å². The molecule has 1 fully saturated rings. The fourth-order valence-electron chi connectivity index (χ4n) is 1.34. The Kier molecular flexibility index (Phi) is 2.63. The molecule has 5 heteroatoms. The highest BCUT2D eigenvalue weighted by molar-refractivity contribution is 4.78. The summed E-state index contributed by atoms with van der Waals surface area (Å²) >= 11 is 0. The van der Waals surface area contributed by atoms with Crippen LogP contribution in [0.5, 0.6) is 0 Å². The van der Waals surface area contributed by atoms with Crippen LogP contribution in [0.15, 0.2) is 0 Å². The summed E-state index contributed by atoms with van der Waals surface area (Å²) in [5.41, 5.74) is 0. The first-order valence-corrected chi connectivity index (χ1v) is 3.80. The van der Waals surface area contributed by atoms with Crippen molar-refractivity contribution in [3.63, 3.8) is 0 Å². The van der Waals surface area contributed by atoms with E-state index in [1.54, 1.807) is 18.9 Å². The van der Waals surface area contributed by atoms with Crippen LogP contribution in [0.25, 0.3) is 0 Å². The van der Waals surface area contributed by atoms with Crippen molar-refractivity contribution in [2.45, 2.75) is 25.3 Å². The molecule has 1 heterocycles. The third-order valence-electron chi connectivity index (χ3n) is 1.81. The van der Waals surface area contributed by atoms with Gasteiger partial charge in [-0.25, -0.2) is 0 Å². The molecule has 0 amide bonds. The van der Waals surface area contributed by atoms with Gasteiger partial charge in [-0.15, -0.1) is 0 Å². The van der Waals surface area contributed by atoms with Gasteiger partial charge in [-0.1, -0.05) is 0 Å². The number of halogens is 3. The minimum Gasteiger partial charge on any atom is -0.363 e. The molecule has 0 aliphatic carbocycles. The zero-order valence-corrected chi connectivity index (χ0v) is 7.06. The largest absolute Gasteiger partial charge is 0.415 e. The highest BCUT2D eigenvalue weighted by atomic mass is 19.4. The van der Waals surface area contributed by atoms with Crippen molar-refractivity contribution in [2.24, 2.45) is 0 Å². The van der Waals surface area contributed by atoms with Crippen molar-refractivity contribution in [2.75, 3.05) is 20.1 Å². The molecule has 0 bridgehead atoms. The van der Waals surface area contributed by atoms with Gasteiger partial charge in [0.2, 0.25) is 0 Å². The van der Waals surface area contributed by atoms with Gasteiger partial charge < -0.3 is 9.64 Å². The number of alkyl halides is 3. The molecule has 12 heavy (non-hydrogen) atoms. The van der Waals surface area contributed by atoms with Gasteiger partial charge in [0.1, 0.15) is 0 Å². The highest BCUT2D eigenvalue weighted by Crippen LogP contribution is 2.26. The van der Waals surface area contributed by atoms with Crippen LogP contribution < -0.4 is 0 Å². The molecule has 1 rings (SSSR count). The Hall–Kier alpha value is -0.290. The number of likely N-dealkylation sites (N-methyl/N-ethyl adjacent to an activating group) is 1. The Labute approximate surface area is 69.3 Å². The number of morpholine rings is 1. The van der Waals surface area contributed by atoms with E-state index in [0.717, 1.165) is 0 Å². The number of hydrogen-bond donors (Lipinski definition) is 0. The second-order valence-electron chi connectivity index (χ2n) is 3.20. The molecule has 72 valence electrons. The second kappa shape index (κ2) is 3.22. The Bertz CT molecular complexity index is 149. The fourth-order valence-corrected chi connectivity index (χ4v) is 1.34. The smallest absolute Gasteiger partial charge is 0.363 e. The van der Waals surface area contributed by atoms with Crippen LogP contribution in [0, 0.1) is 0 Å². The number of rotatable bonds is 0. The predicted octanol–water partition coefficient (Wildman–Crippen LogP) is 1.27. The molecule has 0 aromatic carbocycles. The summed E-state index contributed by atoms with van der Waals surface area (Å²) in [5, 5.41) is 0. The fraction of sp³-hybridized carbons (Fsp3) is 1.00. The first-order valence-electron chi connectivity index (χ1n) is 3.80. The van der Waals surface area contributed by atoms with Crippen molar-refractivity contribution in [1.29, 1.82) is 0 Å². The van der Waals surface area contributed by atoms with Gasteiger partial charge >= 0.3 is 6.18 Å². The van der Waals surface area contributed by atoms with Gasteiger partial charge in [0, 0.05) is 13.1 Å². The van der Waals surface area contributed by atoms with Crippen LogP contribution in [0.4, 0.5) is 13.2 Å². The molecule has 1 aliphatic heterocycles. The average molecular weight is 183 g/mol. The SMILES string of the molecule is CC1CN(C)C[C@@H](C(F)(F)F)O1. The predicted molar refractivity (Wildman–Crippen MR) is 37.9 cm³/mol. The molecule has 0 radical (unpaired) electrons. The van der Waals surface area contributed by atoms with Gasteiger partial charge in [-0.05, 0) is 14.0 Å².